The van der Waals surface area contributed by atoms with Gasteiger partial charge in [0.15, 0.2) is 0 Å². The van der Waals surface area contributed by atoms with Crippen LogP contribution in [-0.4, -0.2) is 20.1 Å². The zero-order valence-corrected chi connectivity index (χ0v) is 23.6. The summed E-state index contributed by atoms with van der Waals surface area (Å²) in [7, 11) is 0. The molecule has 0 saturated carbocycles. The summed E-state index contributed by atoms with van der Waals surface area (Å²) >= 11 is 0. The molecule has 0 spiro atoms. The Bertz CT molecular complexity index is 1560. The van der Waals surface area contributed by atoms with Gasteiger partial charge in [-0.1, -0.05) is 70.8 Å². The van der Waals surface area contributed by atoms with Crippen molar-refractivity contribution in [2.75, 3.05) is 4.90 Å². The van der Waals surface area contributed by atoms with Crippen molar-refractivity contribution < 1.29 is 30.2 Å². The zero-order valence-electron chi connectivity index (χ0n) is 21.3. The maximum atomic E-state index is 4.58. The molecule has 1 aromatic heterocycles. The van der Waals surface area contributed by atoms with E-state index in [1.54, 1.807) is 0 Å². The molecule has 0 amide bonds. The fourth-order valence-electron chi connectivity index (χ4n) is 5.14. The van der Waals surface area contributed by atoms with Gasteiger partial charge in [-0.05, 0) is 29.2 Å². The minimum atomic E-state index is -0.341. The molecular formula is C32H28N4Pt+2. The van der Waals surface area contributed by atoms with Crippen molar-refractivity contribution in [1.82, 2.24) is 4.98 Å². The summed E-state index contributed by atoms with van der Waals surface area (Å²) in [6.45, 7) is 8.88. The molecule has 6 rings (SSSR count). The van der Waals surface area contributed by atoms with Crippen LogP contribution in [0.3, 0.4) is 0 Å². The van der Waals surface area contributed by atoms with E-state index in [2.05, 4.69) is 115 Å². The molecule has 0 radical (unpaired) electrons. The molecule has 184 valence electrons. The van der Waals surface area contributed by atoms with E-state index in [-0.39, 0.29) is 32.0 Å². The van der Waals surface area contributed by atoms with Crippen LogP contribution in [0.4, 0.5) is 22.7 Å². The van der Waals surface area contributed by atoms with Crippen molar-refractivity contribution in [2.45, 2.75) is 38.6 Å². The summed E-state index contributed by atoms with van der Waals surface area (Å²) in [5.74, 6) is 0. The molecule has 5 heteroatoms. The van der Waals surface area contributed by atoms with Gasteiger partial charge in [0.25, 0.3) is 6.20 Å². The van der Waals surface area contributed by atoms with E-state index in [9.17, 15) is 0 Å². The summed E-state index contributed by atoms with van der Waals surface area (Å²) < 4.78 is 4.08. The number of pyridine rings is 1. The molecule has 0 bridgehead atoms. The molecule has 0 atom stereocenters. The van der Waals surface area contributed by atoms with Crippen molar-refractivity contribution >= 4 is 28.8 Å². The second-order valence-corrected chi connectivity index (χ2v) is 10.2. The smallest absolute Gasteiger partial charge is 0.358 e. The summed E-state index contributed by atoms with van der Waals surface area (Å²) in [4.78, 5) is 6.85. The van der Waals surface area contributed by atoms with Crippen LogP contribution in [0.15, 0.2) is 97.5 Å². The van der Waals surface area contributed by atoms with Gasteiger partial charge in [0, 0.05) is 25.7 Å². The molecule has 3 heterocycles. The van der Waals surface area contributed by atoms with Crippen LogP contribution in [0.5, 0.6) is 0 Å². The Balaban J connectivity index is 0.00000280. The van der Waals surface area contributed by atoms with Crippen LogP contribution in [0.1, 0.15) is 44.5 Å². The Kier molecular flexibility index (Phi) is 6.36. The van der Waals surface area contributed by atoms with E-state index in [1.807, 2.05) is 47.4 Å². The predicted molar refractivity (Wildman–Crippen MR) is 143 cm³/mol. The second kappa shape index (κ2) is 9.38. The van der Waals surface area contributed by atoms with E-state index < -0.39 is 0 Å². The molecule has 37 heavy (non-hydrogen) atoms. The van der Waals surface area contributed by atoms with Crippen molar-refractivity contribution in [3.63, 3.8) is 0 Å². The van der Waals surface area contributed by atoms with E-state index in [0.717, 1.165) is 28.4 Å². The van der Waals surface area contributed by atoms with Gasteiger partial charge in [0.05, 0.1) is 0 Å². The molecule has 0 unspecified atom stereocenters. The van der Waals surface area contributed by atoms with Crippen molar-refractivity contribution in [1.29, 1.82) is 0 Å². The number of nitrogens with zero attached hydrogens (tertiary/aromatic N) is 4. The summed E-state index contributed by atoms with van der Waals surface area (Å²) in [6, 6.07) is 37.8. The van der Waals surface area contributed by atoms with E-state index in [4.69, 9.17) is 0 Å². The molecule has 2 aliphatic heterocycles. The topological polar surface area (TPSA) is 22.1 Å². The number of anilines is 3. The van der Waals surface area contributed by atoms with Gasteiger partial charge in [0.1, 0.15) is 11.4 Å². The number of hydrogen-bond donors (Lipinski definition) is 0. The monoisotopic (exact) mass is 663 g/mol. The van der Waals surface area contributed by atoms with Crippen LogP contribution < -0.4 is 4.90 Å². The molecule has 0 saturated heterocycles. The van der Waals surface area contributed by atoms with Crippen LogP contribution in [-0.2, 0) is 32.0 Å². The Morgan fingerprint density at radius 2 is 1.68 bits per heavy atom. The van der Waals surface area contributed by atoms with Crippen LogP contribution >= 0.6 is 0 Å². The maximum Gasteiger partial charge on any atom is 2.00 e. The number of hydrogen-bond acceptors (Lipinski definition) is 2. The summed E-state index contributed by atoms with van der Waals surface area (Å²) in [6.07, 6.45) is 5.91. The predicted octanol–water partition coefficient (Wildman–Crippen LogP) is 7.04. The normalized spacial score (nSPS) is 15.3. The molecular weight excluding hydrogens is 635 g/mol. The summed E-state index contributed by atoms with van der Waals surface area (Å²) in [5.41, 5.74) is 7.14. The third-order valence-corrected chi connectivity index (χ3v) is 7.29. The van der Waals surface area contributed by atoms with E-state index in [0.29, 0.717) is 0 Å². The standard InChI is InChI=1S/C32H28N4.Pt/c1-31(2)26-14-8-9-15-28(26)36(24-12-6-5-7-13-24)29-22-25(17-18-27(29)31)34-20-21-35(23-34)32(3,4)30-16-10-11-19-33-30;/h5-12,14-21H,1-4H3;/q;+2. The largest absolute Gasteiger partial charge is 2.00 e. The SMILES string of the molecule is CC1(C)c2ccc([N+]3=C=[N+](C(C)(C)c4ccccn4)C=C3)[c-]c2N(c2[c-]cccc2)c2ccccc21.[Pt+2]. The first-order valence-electron chi connectivity index (χ1n) is 12.3. The number of aromatic nitrogens is 1. The van der Waals surface area contributed by atoms with Gasteiger partial charge in [-0.3, -0.25) is 4.98 Å². The fraction of sp³-hybridized carbons (Fsp3) is 0.188. The van der Waals surface area contributed by atoms with Crippen LogP contribution in [0, 0.1) is 12.1 Å². The first-order valence-corrected chi connectivity index (χ1v) is 12.3. The van der Waals surface area contributed by atoms with Gasteiger partial charge >= 0.3 is 27.1 Å². The third kappa shape index (κ3) is 4.11. The molecule has 4 aromatic rings. The quantitative estimate of drug-likeness (QED) is 0.173. The maximum absolute atomic E-state index is 4.58. The van der Waals surface area contributed by atoms with Gasteiger partial charge in [-0.15, -0.1) is 11.6 Å². The van der Waals surface area contributed by atoms with E-state index in [1.165, 1.54) is 11.1 Å². The van der Waals surface area contributed by atoms with Crippen LogP contribution in [0.2, 0.25) is 0 Å². The first kappa shape index (κ1) is 25.1. The fourth-order valence-corrected chi connectivity index (χ4v) is 5.14. The number of benzene rings is 3. The van der Waals surface area contributed by atoms with Crippen molar-refractivity contribution in [3.8, 4) is 0 Å². The molecule has 0 aliphatic carbocycles. The average Bonchev–Trinajstić information content (AvgIpc) is 3.41. The summed E-state index contributed by atoms with van der Waals surface area (Å²) in [5, 5.41) is 0. The Morgan fingerprint density at radius 1 is 0.892 bits per heavy atom. The van der Waals surface area contributed by atoms with Gasteiger partial charge in [-0.2, -0.15) is 30.3 Å². The Morgan fingerprint density at radius 3 is 2.43 bits per heavy atom. The second-order valence-electron chi connectivity index (χ2n) is 10.2. The van der Waals surface area contributed by atoms with Gasteiger partial charge in [-0.25, -0.2) is 0 Å². The molecule has 4 nitrogen and oxygen atoms in total. The molecule has 2 aliphatic rings. The molecule has 0 N–H and O–H groups in total. The van der Waals surface area contributed by atoms with Gasteiger partial charge < -0.3 is 4.90 Å². The first-order chi connectivity index (χ1) is 17.4. The minimum absolute atomic E-state index is 0. The van der Waals surface area contributed by atoms with Crippen molar-refractivity contribution in [2.24, 2.45) is 0 Å². The van der Waals surface area contributed by atoms with Gasteiger partial charge in [0.2, 0.25) is 11.7 Å². The number of rotatable bonds is 4. The van der Waals surface area contributed by atoms with Crippen molar-refractivity contribution in [3.05, 3.63) is 126 Å². The number of fused-ring (bicyclic) bond motifs is 2. The molecule has 0 fully saturated rings. The number of para-hydroxylation sites is 2. The Labute approximate surface area is 233 Å². The zero-order chi connectivity index (χ0) is 24.9. The van der Waals surface area contributed by atoms with E-state index >= 15 is 0 Å². The molecule has 3 aromatic carbocycles. The average molecular weight is 664 g/mol. The van der Waals surface area contributed by atoms with Crippen LogP contribution in [0.25, 0.3) is 0 Å². The third-order valence-electron chi connectivity index (χ3n) is 7.29. The Hall–Kier alpha value is -3.58. The minimum Gasteiger partial charge on any atom is -0.358 e.